The van der Waals surface area contributed by atoms with Crippen LogP contribution in [0.25, 0.3) is 0 Å². The molecule has 1 unspecified atom stereocenters. The average molecular weight is 208 g/mol. The molecule has 1 N–H and O–H groups in total. The van der Waals surface area contributed by atoms with Crippen LogP contribution in [0, 0.1) is 0 Å². The lowest BCUT2D eigenvalue weighted by molar-refractivity contribution is 0.448. The predicted molar refractivity (Wildman–Crippen MR) is 56.3 cm³/mol. The zero-order valence-corrected chi connectivity index (χ0v) is 8.75. The molecule has 2 heterocycles. The average Bonchev–Trinajstić information content (AvgIpc) is 2.87. The smallest absolute Gasteiger partial charge is 0.126 e. The van der Waals surface area contributed by atoms with Gasteiger partial charge in [-0.1, -0.05) is 6.92 Å². The minimum Gasteiger partial charge on any atom is -0.467 e. The van der Waals surface area contributed by atoms with Crippen LogP contribution in [0.2, 0.25) is 0 Å². The van der Waals surface area contributed by atoms with Crippen molar-refractivity contribution >= 4 is 11.3 Å². The van der Waals surface area contributed by atoms with E-state index in [4.69, 9.17) is 4.42 Å². The van der Waals surface area contributed by atoms with Crippen molar-refractivity contribution < 1.29 is 4.42 Å². The second kappa shape index (κ2) is 4.39. The summed E-state index contributed by atoms with van der Waals surface area (Å²) in [4.78, 5) is 4.29. The van der Waals surface area contributed by atoms with Gasteiger partial charge in [-0.05, 0) is 18.7 Å². The van der Waals surface area contributed by atoms with Gasteiger partial charge in [-0.15, -0.1) is 11.3 Å². The zero-order valence-electron chi connectivity index (χ0n) is 7.93. The summed E-state index contributed by atoms with van der Waals surface area (Å²) < 4.78 is 5.37. The van der Waals surface area contributed by atoms with Gasteiger partial charge in [0.1, 0.15) is 11.8 Å². The van der Waals surface area contributed by atoms with Crippen LogP contribution >= 0.6 is 11.3 Å². The van der Waals surface area contributed by atoms with E-state index in [1.165, 1.54) is 0 Å². The van der Waals surface area contributed by atoms with Crippen molar-refractivity contribution in [3.63, 3.8) is 0 Å². The Balaban J connectivity index is 2.25. The fourth-order valence-electron chi connectivity index (χ4n) is 1.37. The summed E-state index contributed by atoms with van der Waals surface area (Å²) in [5.74, 6) is 0.915. The molecule has 4 heteroatoms. The molecule has 14 heavy (non-hydrogen) atoms. The summed E-state index contributed by atoms with van der Waals surface area (Å²) in [6.07, 6.45) is 1.69. The molecular weight excluding hydrogens is 196 g/mol. The van der Waals surface area contributed by atoms with Crippen LogP contribution < -0.4 is 5.32 Å². The number of furan rings is 1. The molecule has 0 fully saturated rings. The molecule has 0 bridgehead atoms. The summed E-state index contributed by atoms with van der Waals surface area (Å²) in [6, 6.07) is 3.94. The SMILES string of the molecule is CCNC(c1cscn1)c1ccco1. The summed E-state index contributed by atoms with van der Waals surface area (Å²) in [5, 5.41) is 5.38. The van der Waals surface area contributed by atoms with E-state index < -0.39 is 0 Å². The molecule has 0 saturated carbocycles. The molecule has 2 aromatic rings. The number of thiazole rings is 1. The second-order valence-electron chi connectivity index (χ2n) is 2.92. The van der Waals surface area contributed by atoms with Gasteiger partial charge in [-0.3, -0.25) is 0 Å². The van der Waals surface area contributed by atoms with Crippen molar-refractivity contribution in [2.24, 2.45) is 0 Å². The molecule has 74 valence electrons. The van der Waals surface area contributed by atoms with Crippen LogP contribution in [-0.2, 0) is 0 Å². The van der Waals surface area contributed by atoms with Crippen molar-refractivity contribution in [2.45, 2.75) is 13.0 Å². The van der Waals surface area contributed by atoms with E-state index in [1.54, 1.807) is 17.6 Å². The summed E-state index contributed by atoms with van der Waals surface area (Å²) in [5.41, 5.74) is 2.86. The maximum absolute atomic E-state index is 5.37. The molecule has 0 aromatic carbocycles. The lowest BCUT2D eigenvalue weighted by Crippen LogP contribution is -2.21. The number of rotatable bonds is 4. The van der Waals surface area contributed by atoms with Crippen molar-refractivity contribution in [1.82, 2.24) is 10.3 Å². The third-order valence-corrected chi connectivity index (χ3v) is 2.59. The standard InChI is InChI=1S/C10H12N2OS/c1-2-11-10(8-6-14-7-12-8)9-4-3-5-13-9/h3-7,10-11H,2H2,1H3. The van der Waals surface area contributed by atoms with Gasteiger partial charge >= 0.3 is 0 Å². The topological polar surface area (TPSA) is 38.1 Å². The normalized spacial score (nSPS) is 12.9. The molecule has 2 aromatic heterocycles. The molecule has 3 nitrogen and oxygen atoms in total. The molecule has 0 radical (unpaired) electrons. The summed E-state index contributed by atoms with van der Waals surface area (Å²) >= 11 is 1.60. The summed E-state index contributed by atoms with van der Waals surface area (Å²) in [6.45, 7) is 2.96. The minimum atomic E-state index is 0.0845. The van der Waals surface area contributed by atoms with Gasteiger partial charge in [0.05, 0.1) is 17.5 Å². The molecule has 0 aliphatic carbocycles. The Hall–Kier alpha value is -1.13. The van der Waals surface area contributed by atoms with Crippen LogP contribution in [0.1, 0.15) is 24.4 Å². The highest BCUT2D eigenvalue weighted by Gasteiger charge is 2.16. The highest BCUT2D eigenvalue weighted by Crippen LogP contribution is 2.21. The largest absolute Gasteiger partial charge is 0.467 e. The van der Waals surface area contributed by atoms with E-state index >= 15 is 0 Å². The van der Waals surface area contributed by atoms with Crippen molar-refractivity contribution in [3.8, 4) is 0 Å². The fraction of sp³-hybridized carbons (Fsp3) is 0.300. The van der Waals surface area contributed by atoms with Gasteiger partial charge < -0.3 is 9.73 Å². The summed E-state index contributed by atoms with van der Waals surface area (Å²) in [7, 11) is 0. The van der Waals surface area contributed by atoms with Crippen LogP contribution in [0.3, 0.4) is 0 Å². The van der Waals surface area contributed by atoms with Crippen LogP contribution in [0.5, 0.6) is 0 Å². The van der Waals surface area contributed by atoms with Crippen molar-refractivity contribution in [2.75, 3.05) is 6.54 Å². The molecule has 0 aliphatic heterocycles. The Bertz CT molecular complexity index is 321. The van der Waals surface area contributed by atoms with E-state index in [1.807, 2.05) is 23.0 Å². The molecule has 0 spiro atoms. The Morgan fingerprint density at radius 3 is 3.14 bits per heavy atom. The van der Waals surface area contributed by atoms with Crippen LogP contribution in [0.4, 0.5) is 0 Å². The highest BCUT2D eigenvalue weighted by molar-refractivity contribution is 7.07. The maximum Gasteiger partial charge on any atom is 0.126 e. The monoisotopic (exact) mass is 208 g/mol. The number of hydrogen-bond donors (Lipinski definition) is 1. The molecule has 2 rings (SSSR count). The third-order valence-electron chi connectivity index (χ3n) is 1.98. The number of hydrogen-bond acceptors (Lipinski definition) is 4. The number of nitrogens with one attached hydrogen (secondary N) is 1. The van der Waals surface area contributed by atoms with E-state index in [0.29, 0.717) is 0 Å². The highest BCUT2D eigenvalue weighted by atomic mass is 32.1. The van der Waals surface area contributed by atoms with Crippen LogP contribution in [0.15, 0.2) is 33.7 Å². The second-order valence-corrected chi connectivity index (χ2v) is 3.64. The number of nitrogens with zero attached hydrogens (tertiary/aromatic N) is 1. The first-order chi connectivity index (χ1) is 6.92. The van der Waals surface area contributed by atoms with E-state index in [9.17, 15) is 0 Å². The number of aromatic nitrogens is 1. The van der Waals surface area contributed by atoms with Gasteiger partial charge in [-0.2, -0.15) is 0 Å². The predicted octanol–water partition coefficient (Wildman–Crippen LogP) is 2.44. The van der Waals surface area contributed by atoms with E-state index in [-0.39, 0.29) is 6.04 Å². The van der Waals surface area contributed by atoms with Gasteiger partial charge in [-0.25, -0.2) is 4.98 Å². The minimum absolute atomic E-state index is 0.0845. The maximum atomic E-state index is 5.37. The Labute approximate surface area is 86.8 Å². The quantitative estimate of drug-likeness (QED) is 0.838. The van der Waals surface area contributed by atoms with Crippen LogP contribution in [-0.4, -0.2) is 11.5 Å². The zero-order chi connectivity index (χ0) is 9.80. The van der Waals surface area contributed by atoms with E-state index in [0.717, 1.165) is 18.0 Å². The molecule has 0 saturated heterocycles. The van der Waals surface area contributed by atoms with Gasteiger partial charge in [0.2, 0.25) is 0 Å². The van der Waals surface area contributed by atoms with Gasteiger partial charge in [0, 0.05) is 5.38 Å². The lowest BCUT2D eigenvalue weighted by Gasteiger charge is -2.12. The molecule has 1 atom stereocenters. The molecule has 0 aliphatic rings. The van der Waals surface area contributed by atoms with Crippen molar-refractivity contribution in [1.29, 1.82) is 0 Å². The Kier molecular flexibility index (Phi) is 2.96. The van der Waals surface area contributed by atoms with Gasteiger partial charge in [0.15, 0.2) is 0 Å². The van der Waals surface area contributed by atoms with Gasteiger partial charge in [0.25, 0.3) is 0 Å². The van der Waals surface area contributed by atoms with Crippen molar-refractivity contribution in [3.05, 3.63) is 40.7 Å². The molecular formula is C10H12N2OS. The fourth-order valence-corrected chi connectivity index (χ4v) is 1.95. The third kappa shape index (κ3) is 1.86. The first-order valence-electron chi connectivity index (χ1n) is 4.56. The Morgan fingerprint density at radius 1 is 1.64 bits per heavy atom. The Morgan fingerprint density at radius 2 is 2.57 bits per heavy atom. The molecule has 0 amide bonds. The first-order valence-corrected chi connectivity index (χ1v) is 5.51. The first kappa shape index (κ1) is 9.43. The lowest BCUT2D eigenvalue weighted by atomic mass is 10.2. The van der Waals surface area contributed by atoms with E-state index in [2.05, 4.69) is 17.2 Å².